The highest BCUT2D eigenvalue weighted by Crippen LogP contribution is 2.12. The van der Waals surface area contributed by atoms with Gasteiger partial charge in [0.15, 0.2) is 6.61 Å². The minimum absolute atomic E-state index is 0.0603. The fourth-order valence-electron chi connectivity index (χ4n) is 2.36. The van der Waals surface area contributed by atoms with Crippen molar-refractivity contribution in [2.24, 2.45) is 0 Å². The molecule has 2 heterocycles. The second-order valence-electron chi connectivity index (χ2n) is 5.87. The molecule has 0 saturated heterocycles. The highest BCUT2D eigenvalue weighted by atomic mass is 32.1. The lowest BCUT2D eigenvalue weighted by Gasteiger charge is -2.09. The number of aromatic nitrogens is 2. The SMILES string of the molecule is Cc1csc(CC(=O)NNC(=O)COC(=O)c2cccc(-n3cccc3)c2)n1. The van der Waals surface area contributed by atoms with Crippen molar-refractivity contribution in [1.82, 2.24) is 20.4 Å². The number of carbonyl (C=O) groups is 3. The monoisotopic (exact) mass is 398 g/mol. The van der Waals surface area contributed by atoms with Crippen molar-refractivity contribution in [2.75, 3.05) is 6.61 Å². The second kappa shape index (κ2) is 8.96. The number of rotatable bonds is 6. The average molecular weight is 398 g/mol. The standard InChI is InChI=1S/C19H18N4O4S/c1-13-12-28-18(20-13)10-16(24)21-22-17(25)11-27-19(26)14-5-4-6-15(9-14)23-7-2-3-8-23/h2-9,12H,10-11H2,1H3,(H,21,24)(H,22,25). The first-order valence-electron chi connectivity index (χ1n) is 8.40. The summed E-state index contributed by atoms with van der Waals surface area (Å²) in [4.78, 5) is 39.9. The number of aryl methyl sites for hydroxylation is 1. The smallest absolute Gasteiger partial charge is 0.338 e. The van der Waals surface area contributed by atoms with E-state index < -0.39 is 24.4 Å². The quantitative estimate of drug-likeness (QED) is 0.487. The summed E-state index contributed by atoms with van der Waals surface area (Å²) in [5.74, 6) is -1.68. The molecule has 0 aliphatic rings. The molecule has 3 aromatic rings. The number of nitrogens with zero attached hydrogens (tertiary/aromatic N) is 2. The van der Waals surface area contributed by atoms with E-state index in [-0.39, 0.29) is 6.42 Å². The maximum atomic E-state index is 12.1. The number of amides is 2. The average Bonchev–Trinajstić information content (AvgIpc) is 3.36. The minimum Gasteiger partial charge on any atom is -0.452 e. The number of hydrogen-bond acceptors (Lipinski definition) is 6. The number of benzene rings is 1. The Kier molecular flexibility index (Phi) is 6.18. The van der Waals surface area contributed by atoms with Crippen LogP contribution < -0.4 is 10.9 Å². The van der Waals surface area contributed by atoms with Gasteiger partial charge in [-0.1, -0.05) is 6.07 Å². The molecule has 3 rings (SSSR count). The van der Waals surface area contributed by atoms with Crippen LogP contribution in [0.5, 0.6) is 0 Å². The first-order valence-corrected chi connectivity index (χ1v) is 9.28. The van der Waals surface area contributed by atoms with Gasteiger partial charge in [0.1, 0.15) is 5.01 Å². The molecule has 0 aliphatic carbocycles. The fourth-order valence-corrected chi connectivity index (χ4v) is 3.13. The summed E-state index contributed by atoms with van der Waals surface area (Å²) < 4.78 is 6.84. The van der Waals surface area contributed by atoms with Gasteiger partial charge in [0.05, 0.1) is 12.0 Å². The van der Waals surface area contributed by atoms with Crippen molar-refractivity contribution in [3.8, 4) is 5.69 Å². The third-order valence-corrected chi connectivity index (χ3v) is 4.61. The van der Waals surface area contributed by atoms with E-state index in [9.17, 15) is 14.4 Å². The molecule has 8 nitrogen and oxygen atoms in total. The second-order valence-corrected chi connectivity index (χ2v) is 6.82. The van der Waals surface area contributed by atoms with Crippen molar-refractivity contribution in [2.45, 2.75) is 13.3 Å². The lowest BCUT2D eigenvalue weighted by atomic mass is 10.2. The van der Waals surface area contributed by atoms with E-state index in [1.165, 1.54) is 11.3 Å². The summed E-state index contributed by atoms with van der Waals surface area (Å²) in [6.45, 7) is 1.32. The van der Waals surface area contributed by atoms with Crippen LogP contribution in [0.15, 0.2) is 54.2 Å². The van der Waals surface area contributed by atoms with Gasteiger partial charge in [-0.3, -0.25) is 20.4 Å². The summed E-state index contributed by atoms with van der Waals surface area (Å²) in [5.41, 5.74) is 6.43. The molecule has 0 unspecified atom stereocenters. The molecule has 2 aromatic heterocycles. The van der Waals surface area contributed by atoms with Crippen LogP contribution in [0.1, 0.15) is 21.1 Å². The van der Waals surface area contributed by atoms with E-state index >= 15 is 0 Å². The highest BCUT2D eigenvalue weighted by Gasteiger charge is 2.12. The van der Waals surface area contributed by atoms with E-state index in [4.69, 9.17) is 4.74 Å². The Morgan fingerprint density at radius 3 is 2.57 bits per heavy atom. The Bertz CT molecular complexity index is 982. The van der Waals surface area contributed by atoms with Gasteiger partial charge in [0.25, 0.3) is 5.91 Å². The Labute approximate surface area is 165 Å². The third-order valence-electron chi connectivity index (χ3n) is 3.64. The summed E-state index contributed by atoms with van der Waals surface area (Å²) >= 11 is 1.37. The van der Waals surface area contributed by atoms with Crippen molar-refractivity contribution in [1.29, 1.82) is 0 Å². The molecule has 0 saturated carbocycles. The van der Waals surface area contributed by atoms with E-state index in [0.29, 0.717) is 10.6 Å². The molecule has 1 aromatic carbocycles. The molecule has 0 spiro atoms. The van der Waals surface area contributed by atoms with Gasteiger partial charge in [-0.05, 0) is 37.3 Å². The number of nitrogens with one attached hydrogen (secondary N) is 2. The highest BCUT2D eigenvalue weighted by molar-refractivity contribution is 7.09. The van der Waals surface area contributed by atoms with Crippen LogP contribution in [0, 0.1) is 6.92 Å². The molecule has 0 fully saturated rings. The maximum absolute atomic E-state index is 12.1. The molecule has 2 amide bonds. The number of hydrazine groups is 1. The topological polar surface area (TPSA) is 102 Å². The molecule has 0 atom stereocenters. The number of esters is 1. The Morgan fingerprint density at radius 2 is 1.86 bits per heavy atom. The molecular formula is C19H18N4O4S. The Hall–Kier alpha value is -3.46. The number of hydrogen-bond donors (Lipinski definition) is 2. The summed E-state index contributed by atoms with van der Waals surface area (Å²) in [6, 6.07) is 10.6. The molecular weight excluding hydrogens is 380 g/mol. The predicted octanol–water partition coefficient (Wildman–Crippen LogP) is 1.79. The van der Waals surface area contributed by atoms with Gasteiger partial charge in [-0.25, -0.2) is 9.78 Å². The van der Waals surface area contributed by atoms with E-state index in [0.717, 1.165) is 11.4 Å². The molecule has 144 valence electrons. The van der Waals surface area contributed by atoms with Crippen LogP contribution in [0.4, 0.5) is 0 Å². The summed E-state index contributed by atoms with van der Waals surface area (Å²) in [7, 11) is 0. The van der Waals surface area contributed by atoms with Gasteiger partial charge in [0.2, 0.25) is 5.91 Å². The van der Waals surface area contributed by atoms with Crippen molar-refractivity contribution >= 4 is 29.1 Å². The van der Waals surface area contributed by atoms with Gasteiger partial charge in [-0.2, -0.15) is 0 Å². The first kappa shape index (κ1) is 19.3. The molecule has 2 N–H and O–H groups in total. The van der Waals surface area contributed by atoms with Gasteiger partial charge >= 0.3 is 5.97 Å². The first-order chi connectivity index (χ1) is 13.5. The normalized spacial score (nSPS) is 10.3. The molecule has 28 heavy (non-hydrogen) atoms. The zero-order valence-electron chi connectivity index (χ0n) is 15.0. The van der Waals surface area contributed by atoms with Crippen LogP contribution in [-0.2, 0) is 20.7 Å². The maximum Gasteiger partial charge on any atom is 0.338 e. The van der Waals surface area contributed by atoms with Crippen LogP contribution in [0.25, 0.3) is 5.69 Å². The largest absolute Gasteiger partial charge is 0.452 e. The zero-order valence-corrected chi connectivity index (χ0v) is 15.9. The van der Waals surface area contributed by atoms with Crippen LogP contribution in [0.3, 0.4) is 0 Å². The number of ether oxygens (including phenoxy) is 1. The predicted molar refractivity (Wildman–Crippen MR) is 103 cm³/mol. The number of carbonyl (C=O) groups excluding carboxylic acids is 3. The Balaban J connectivity index is 1.44. The number of thiazole rings is 1. The fraction of sp³-hybridized carbons (Fsp3) is 0.158. The zero-order chi connectivity index (χ0) is 19.9. The Morgan fingerprint density at radius 1 is 1.11 bits per heavy atom. The third kappa shape index (κ3) is 5.27. The van der Waals surface area contributed by atoms with Crippen LogP contribution >= 0.6 is 11.3 Å². The molecule has 0 bridgehead atoms. The van der Waals surface area contributed by atoms with Crippen LogP contribution in [0.2, 0.25) is 0 Å². The van der Waals surface area contributed by atoms with Crippen LogP contribution in [-0.4, -0.2) is 33.9 Å². The molecule has 0 radical (unpaired) electrons. The van der Waals surface area contributed by atoms with Crippen molar-refractivity contribution in [3.05, 3.63) is 70.4 Å². The van der Waals surface area contributed by atoms with E-state index in [1.807, 2.05) is 47.5 Å². The minimum atomic E-state index is -0.640. The molecule has 0 aliphatic heterocycles. The summed E-state index contributed by atoms with van der Waals surface area (Å²) in [5, 5.41) is 2.49. The summed E-state index contributed by atoms with van der Waals surface area (Å²) in [6.07, 6.45) is 3.77. The van der Waals surface area contributed by atoms with Crippen molar-refractivity contribution < 1.29 is 19.1 Å². The van der Waals surface area contributed by atoms with Gasteiger partial charge in [-0.15, -0.1) is 11.3 Å². The van der Waals surface area contributed by atoms with E-state index in [2.05, 4.69) is 15.8 Å². The lowest BCUT2D eigenvalue weighted by Crippen LogP contribution is -2.44. The van der Waals surface area contributed by atoms with E-state index in [1.54, 1.807) is 18.2 Å². The van der Waals surface area contributed by atoms with Gasteiger partial charge in [0, 0.05) is 29.2 Å². The lowest BCUT2D eigenvalue weighted by molar-refractivity contribution is -0.130. The van der Waals surface area contributed by atoms with Gasteiger partial charge < -0.3 is 9.30 Å². The van der Waals surface area contributed by atoms with Crippen molar-refractivity contribution in [3.63, 3.8) is 0 Å². The molecule has 9 heteroatoms.